The van der Waals surface area contributed by atoms with E-state index in [2.05, 4.69) is 9.97 Å². The molecule has 0 aliphatic carbocycles. The molecule has 1 aromatic rings. The summed E-state index contributed by atoms with van der Waals surface area (Å²) in [5, 5.41) is 0.414. The minimum absolute atomic E-state index is 0.187. The number of carbonyl (C=O) groups is 1. The van der Waals surface area contributed by atoms with Gasteiger partial charge >= 0.3 is 6.09 Å². The largest absolute Gasteiger partial charge is 0.444 e. The summed E-state index contributed by atoms with van der Waals surface area (Å²) >= 11 is 5.92. The van der Waals surface area contributed by atoms with Crippen molar-refractivity contribution in [3.63, 3.8) is 0 Å². The van der Waals surface area contributed by atoms with Gasteiger partial charge in [-0.05, 0) is 33.6 Å². The summed E-state index contributed by atoms with van der Waals surface area (Å²) in [4.78, 5) is 24.2. The Morgan fingerprint density at radius 3 is 2.82 bits per heavy atom. The molecule has 0 aromatic carbocycles. The van der Waals surface area contributed by atoms with Gasteiger partial charge in [-0.25, -0.2) is 14.8 Å². The highest BCUT2D eigenvalue weighted by molar-refractivity contribution is 6.29. The molecule has 7 heteroatoms. The minimum atomic E-state index is -0.476. The highest BCUT2D eigenvalue weighted by atomic mass is 35.5. The van der Waals surface area contributed by atoms with Gasteiger partial charge in [-0.2, -0.15) is 0 Å². The number of piperidine rings is 1. The average molecular weight is 327 g/mol. The molecule has 122 valence electrons. The SMILES string of the molecule is CN(c1cc(Cl)ncn1)[C@@H]1CCCN(C(=O)OC(C)(C)C)C1. The number of halogens is 1. The molecular weight excluding hydrogens is 304 g/mol. The second-order valence-electron chi connectivity index (χ2n) is 6.53. The van der Waals surface area contributed by atoms with Crippen molar-refractivity contribution in [3.8, 4) is 0 Å². The Morgan fingerprint density at radius 2 is 2.18 bits per heavy atom. The number of ether oxygens (including phenoxy) is 1. The van der Waals surface area contributed by atoms with Crippen molar-refractivity contribution >= 4 is 23.5 Å². The van der Waals surface area contributed by atoms with Gasteiger partial charge in [0.2, 0.25) is 0 Å². The van der Waals surface area contributed by atoms with Gasteiger partial charge in [0.1, 0.15) is 22.9 Å². The molecule has 1 amide bonds. The monoisotopic (exact) mass is 326 g/mol. The number of hydrogen-bond donors (Lipinski definition) is 0. The van der Waals surface area contributed by atoms with Crippen LogP contribution in [-0.2, 0) is 4.74 Å². The fourth-order valence-corrected chi connectivity index (χ4v) is 2.61. The van der Waals surface area contributed by atoms with E-state index >= 15 is 0 Å². The molecule has 1 aliphatic rings. The summed E-state index contributed by atoms with van der Waals surface area (Å²) in [5.41, 5.74) is -0.476. The van der Waals surface area contributed by atoms with Crippen LogP contribution in [0.5, 0.6) is 0 Å². The summed E-state index contributed by atoms with van der Waals surface area (Å²) in [6.07, 6.45) is 3.12. The van der Waals surface area contributed by atoms with E-state index in [9.17, 15) is 4.79 Å². The van der Waals surface area contributed by atoms with E-state index in [0.717, 1.165) is 25.2 Å². The lowest BCUT2D eigenvalue weighted by Gasteiger charge is -2.38. The zero-order valence-corrected chi connectivity index (χ0v) is 14.3. The summed E-state index contributed by atoms with van der Waals surface area (Å²) in [7, 11) is 1.96. The fourth-order valence-electron chi connectivity index (χ4n) is 2.47. The third-order valence-electron chi connectivity index (χ3n) is 3.58. The molecule has 0 N–H and O–H groups in total. The molecular formula is C15H23ClN4O2. The average Bonchev–Trinajstić information content (AvgIpc) is 2.45. The normalized spacial score (nSPS) is 19.0. The first-order chi connectivity index (χ1) is 10.3. The first kappa shape index (κ1) is 16.8. The van der Waals surface area contributed by atoms with Crippen LogP contribution in [0.3, 0.4) is 0 Å². The maximum atomic E-state index is 12.2. The van der Waals surface area contributed by atoms with E-state index in [4.69, 9.17) is 16.3 Å². The number of rotatable bonds is 2. The van der Waals surface area contributed by atoms with Crippen molar-refractivity contribution < 1.29 is 9.53 Å². The topological polar surface area (TPSA) is 58.6 Å². The van der Waals surface area contributed by atoms with E-state index in [0.29, 0.717) is 11.7 Å². The molecule has 0 unspecified atom stereocenters. The molecule has 1 aliphatic heterocycles. The molecule has 22 heavy (non-hydrogen) atoms. The van der Waals surface area contributed by atoms with Crippen LogP contribution in [0.25, 0.3) is 0 Å². The fraction of sp³-hybridized carbons (Fsp3) is 0.667. The van der Waals surface area contributed by atoms with E-state index in [-0.39, 0.29) is 12.1 Å². The van der Waals surface area contributed by atoms with Crippen LogP contribution in [0.15, 0.2) is 12.4 Å². The van der Waals surface area contributed by atoms with E-state index in [1.807, 2.05) is 32.7 Å². The number of nitrogens with zero attached hydrogens (tertiary/aromatic N) is 4. The lowest BCUT2D eigenvalue weighted by Crippen LogP contribution is -2.50. The number of hydrogen-bond acceptors (Lipinski definition) is 5. The smallest absolute Gasteiger partial charge is 0.410 e. The third-order valence-corrected chi connectivity index (χ3v) is 3.78. The maximum absolute atomic E-state index is 12.2. The maximum Gasteiger partial charge on any atom is 0.410 e. The van der Waals surface area contributed by atoms with Gasteiger partial charge in [-0.15, -0.1) is 0 Å². The van der Waals surface area contributed by atoms with Crippen molar-refractivity contribution in [2.75, 3.05) is 25.0 Å². The Bertz CT molecular complexity index is 533. The number of anilines is 1. The Kier molecular flexibility index (Phi) is 5.11. The van der Waals surface area contributed by atoms with Crippen LogP contribution >= 0.6 is 11.6 Å². The van der Waals surface area contributed by atoms with Crippen molar-refractivity contribution in [2.24, 2.45) is 0 Å². The summed E-state index contributed by atoms with van der Waals surface area (Å²) in [6.45, 7) is 6.97. The molecule has 2 heterocycles. The quantitative estimate of drug-likeness (QED) is 0.782. The molecule has 0 saturated carbocycles. The Morgan fingerprint density at radius 1 is 1.45 bits per heavy atom. The van der Waals surface area contributed by atoms with Gasteiger partial charge in [-0.3, -0.25) is 0 Å². The van der Waals surface area contributed by atoms with E-state index in [1.54, 1.807) is 11.0 Å². The van der Waals surface area contributed by atoms with Crippen molar-refractivity contribution in [1.29, 1.82) is 0 Å². The number of amides is 1. The zero-order valence-electron chi connectivity index (χ0n) is 13.5. The predicted octanol–water partition coefficient (Wildman–Crippen LogP) is 2.97. The Balaban J connectivity index is 2.02. The standard InChI is InChI=1S/C15H23ClN4O2/c1-15(2,3)22-14(21)20-7-5-6-11(9-20)19(4)13-8-12(16)17-10-18-13/h8,10-11H,5-7,9H2,1-4H3/t11-/m1/s1. The van der Waals surface area contributed by atoms with Gasteiger partial charge in [0.05, 0.1) is 0 Å². The van der Waals surface area contributed by atoms with Gasteiger partial charge in [0.15, 0.2) is 0 Å². The molecule has 0 radical (unpaired) electrons. The van der Waals surface area contributed by atoms with Crippen molar-refractivity contribution in [2.45, 2.75) is 45.3 Å². The summed E-state index contributed by atoms with van der Waals surface area (Å²) in [5.74, 6) is 0.760. The number of aromatic nitrogens is 2. The molecule has 0 spiro atoms. The van der Waals surface area contributed by atoms with Gasteiger partial charge in [0, 0.05) is 32.2 Å². The van der Waals surface area contributed by atoms with Crippen LogP contribution in [0.4, 0.5) is 10.6 Å². The highest BCUT2D eigenvalue weighted by Crippen LogP contribution is 2.22. The van der Waals surface area contributed by atoms with Crippen LogP contribution < -0.4 is 4.90 Å². The lowest BCUT2D eigenvalue weighted by molar-refractivity contribution is 0.0199. The molecule has 2 rings (SSSR count). The highest BCUT2D eigenvalue weighted by Gasteiger charge is 2.29. The number of carbonyl (C=O) groups excluding carboxylic acids is 1. The Hall–Kier alpha value is -1.56. The second-order valence-corrected chi connectivity index (χ2v) is 6.92. The second kappa shape index (κ2) is 6.69. The lowest BCUT2D eigenvalue weighted by atomic mass is 10.0. The zero-order chi connectivity index (χ0) is 16.3. The van der Waals surface area contributed by atoms with Crippen LogP contribution in [0.2, 0.25) is 5.15 Å². The van der Waals surface area contributed by atoms with Crippen molar-refractivity contribution in [1.82, 2.24) is 14.9 Å². The van der Waals surface area contributed by atoms with E-state index in [1.165, 1.54) is 6.33 Å². The molecule has 1 fully saturated rings. The van der Waals surface area contributed by atoms with Crippen LogP contribution in [0, 0.1) is 0 Å². The van der Waals surface area contributed by atoms with Gasteiger partial charge in [-0.1, -0.05) is 11.6 Å². The minimum Gasteiger partial charge on any atom is -0.444 e. The molecule has 1 aromatic heterocycles. The first-order valence-corrected chi connectivity index (χ1v) is 7.82. The molecule has 1 atom stereocenters. The van der Waals surface area contributed by atoms with Crippen LogP contribution in [-0.4, -0.2) is 52.7 Å². The van der Waals surface area contributed by atoms with Crippen molar-refractivity contribution in [3.05, 3.63) is 17.5 Å². The predicted molar refractivity (Wildman–Crippen MR) is 86.3 cm³/mol. The first-order valence-electron chi connectivity index (χ1n) is 7.44. The summed E-state index contributed by atoms with van der Waals surface area (Å²) in [6, 6.07) is 1.92. The Labute approximate surface area is 136 Å². The number of likely N-dealkylation sites (N-methyl/N-ethyl adjacent to an activating group) is 1. The van der Waals surface area contributed by atoms with E-state index < -0.39 is 5.60 Å². The molecule has 0 bridgehead atoms. The summed E-state index contributed by atoms with van der Waals surface area (Å²) < 4.78 is 5.45. The number of likely N-dealkylation sites (tertiary alicyclic amines) is 1. The third kappa shape index (κ3) is 4.47. The molecule has 6 nitrogen and oxygen atoms in total. The van der Waals surface area contributed by atoms with Crippen LogP contribution in [0.1, 0.15) is 33.6 Å². The molecule has 1 saturated heterocycles. The van der Waals surface area contributed by atoms with Gasteiger partial charge < -0.3 is 14.5 Å². The van der Waals surface area contributed by atoms with Gasteiger partial charge in [0.25, 0.3) is 0 Å².